The van der Waals surface area contributed by atoms with E-state index in [2.05, 4.69) is 10.3 Å². The van der Waals surface area contributed by atoms with Crippen LogP contribution in [0.3, 0.4) is 0 Å². The molecule has 2 atom stereocenters. The quantitative estimate of drug-likeness (QED) is 0.527. The molecular formula is C14H20N3O7P. The Labute approximate surface area is 143 Å². The molecule has 10 nitrogen and oxygen atoms in total. The predicted molar refractivity (Wildman–Crippen MR) is 87.6 cm³/mol. The second kappa shape index (κ2) is 7.49. The van der Waals surface area contributed by atoms with E-state index in [1.165, 1.54) is 12.3 Å². The van der Waals surface area contributed by atoms with Gasteiger partial charge >= 0.3 is 13.3 Å². The number of nitrogens with zero attached hydrogens (tertiary/aromatic N) is 2. The van der Waals surface area contributed by atoms with Gasteiger partial charge in [0.15, 0.2) is 0 Å². The Kier molecular flexibility index (Phi) is 5.79. The van der Waals surface area contributed by atoms with E-state index in [9.17, 15) is 19.3 Å². The van der Waals surface area contributed by atoms with Gasteiger partial charge in [0.2, 0.25) is 11.4 Å². The van der Waals surface area contributed by atoms with Crippen molar-refractivity contribution < 1.29 is 29.0 Å². The van der Waals surface area contributed by atoms with Gasteiger partial charge in [-0.25, -0.2) is 4.79 Å². The lowest BCUT2D eigenvalue weighted by Crippen LogP contribution is -2.38. The number of amides is 1. The second-order valence-electron chi connectivity index (χ2n) is 5.94. The first kappa shape index (κ1) is 19.3. The lowest BCUT2D eigenvalue weighted by atomic mass is 10.1. The Balaban J connectivity index is 2.12. The summed E-state index contributed by atoms with van der Waals surface area (Å²) < 4.78 is 17.5. The molecule has 0 spiro atoms. The first-order valence-corrected chi connectivity index (χ1v) is 9.18. The minimum atomic E-state index is -4.58. The zero-order valence-corrected chi connectivity index (χ0v) is 14.6. The van der Waals surface area contributed by atoms with Crippen LogP contribution in [0, 0.1) is 5.92 Å². The van der Waals surface area contributed by atoms with Gasteiger partial charge in [-0.15, -0.1) is 0 Å². The van der Waals surface area contributed by atoms with Gasteiger partial charge in [-0.1, -0.05) is 13.8 Å². The lowest BCUT2D eigenvalue weighted by Gasteiger charge is -2.29. The van der Waals surface area contributed by atoms with Crippen LogP contribution in [0.15, 0.2) is 28.6 Å². The van der Waals surface area contributed by atoms with Gasteiger partial charge in [-0.05, 0) is 18.6 Å². The number of anilines is 1. The highest BCUT2D eigenvalue weighted by molar-refractivity contribution is 7.56. The molecule has 2 heterocycles. The van der Waals surface area contributed by atoms with Crippen molar-refractivity contribution in [2.75, 3.05) is 5.32 Å². The fourth-order valence-electron chi connectivity index (χ4n) is 2.10. The van der Waals surface area contributed by atoms with Crippen molar-refractivity contribution in [2.24, 2.45) is 5.92 Å². The molecule has 1 aliphatic rings. The van der Waals surface area contributed by atoms with E-state index in [0.29, 0.717) is 0 Å². The third-order valence-corrected chi connectivity index (χ3v) is 4.41. The molecule has 0 unspecified atom stereocenters. The average Bonchev–Trinajstić information content (AvgIpc) is 2.50. The molecule has 0 aromatic carbocycles. The number of hydrogen-bond acceptors (Lipinski definition) is 6. The number of aliphatic hydroxyl groups is 1. The van der Waals surface area contributed by atoms with Crippen molar-refractivity contribution in [3.05, 3.63) is 34.3 Å². The first-order valence-electron chi connectivity index (χ1n) is 7.57. The molecule has 0 bridgehead atoms. The Morgan fingerprint density at radius 1 is 1.52 bits per heavy atom. The van der Waals surface area contributed by atoms with Crippen LogP contribution in [0.4, 0.5) is 5.82 Å². The molecule has 0 aliphatic carbocycles. The summed E-state index contributed by atoms with van der Waals surface area (Å²) in [5.41, 5.74) is -1.21. The Hall–Kier alpha value is -2.00. The van der Waals surface area contributed by atoms with E-state index in [4.69, 9.17) is 14.5 Å². The number of aliphatic hydroxyl groups excluding tert-OH is 1. The van der Waals surface area contributed by atoms with Crippen molar-refractivity contribution in [1.82, 2.24) is 9.55 Å². The van der Waals surface area contributed by atoms with Crippen molar-refractivity contribution >= 4 is 19.3 Å². The zero-order chi connectivity index (χ0) is 18.8. The highest BCUT2D eigenvalue weighted by Gasteiger charge is 2.33. The summed E-state index contributed by atoms with van der Waals surface area (Å²) in [6, 6.07) is 1.41. The van der Waals surface area contributed by atoms with Crippen molar-refractivity contribution in [2.45, 2.75) is 39.0 Å². The summed E-state index contributed by atoms with van der Waals surface area (Å²) in [4.78, 5) is 45.7. The summed E-state index contributed by atoms with van der Waals surface area (Å²) in [5, 5.41) is 12.4. The maximum Gasteiger partial charge on any atom is 0.390 e. The third kappa shape index (κ3) is 4.99. The van der Waals surface area contributed by atoms with Crippen LogP contribution in [-0.4, -0.2) is 42.6 Å². The van der Waals surface area contributed by atoms with Crippen LogP contribution in [0.1, 0.15) is 20.3 Å². The predicted octanol–water partition coefficient (Wildman–Crippen LogP) is 0.00670. The fraction of sp³-hybridized carbons (Fsp3) is 0.500. The molecular weight excluding hydrogens is 353 g/mol. The van der Waals surface area contributed by atoms with Gasteiger partial charge in [0, 0.05) is 12.1 Å². The normalized spacial score (nSPS) is 20.8. The number of rotatable bonds is 5. The molecule has 1 aromatic rings. The summed E-state index contributed by atoms with van der Waals surface area (Å²) in [5.74, 6) is -0.458. The number of nitrogens with one attached hydrogen (secondary N) is 1. The number of carbonyl (C=O) groups is 1. The summed E-state index contributed by atoms with van der Waals surface area (Å²) in [7, 11) is -4.58. The maximum absolute atomic E-state index is 12.0. The zero-order valence-electron chi connectivity index (χ0n) is 13.7. The lowest BCUT2D eigenvalue weighted by molar-refractivity contribution is -0.118. The summed E-state index contributed by atoms with van der Waals surface area (Å²) >= 11 is 0. The summed E-state index contributed by atoms with van der Waals surface area (Å²) in [6.45, 7) is 3.25. The Bertz CT molecular complexity index is 783. The van der Waals surface area contributed by atoms with Crippen LogP contribution >= 0.6 is 7.60 Å². The van der Waals surface area contributed by atoms with E-state index in [1.807, 2.05) is 0 Å². The summed E-state index contributed by atoms with van der Waals surface area (Å²) in [6.07, 6.45) is 0.450. The van der Waals surface area contributed by atoms with Crippen LogP contribution in [0.25, 0.3) is 0 Å². The van der Waals surface area contributed by atoms with Crippen molar-refractivity contribution in [3.63, 3.8) is 0 Å². The molecule has 138 valence electrons. The monoisotopic (exact) mass is 373 g/mol. The van der Waals surface area contributed by atoms with Gasteiger partial charge in [-0.2, -0.15) is 4.98 Å². The van der Waals surface area contributed by atoms with Crippen LogP contribution in [0.5, 0.6) is 0 Å². The number of hydrogen-bond donors (Lipinski definition) is 4. The molecule has 11 heteroatoms. The van der Waals surface area contributed by atoms with Crippen LogP contribution in [0.2, 0.25) is 0 Å². The molecule has 1 aliphatic heterocycles. The fourth-order valence-corrected chi connectivity index (χ4v) is 2.72. The minimum Gasteiger partial charge on any atom is -0.478 e. The standard InChI is InChI=1S/C14H20N3O7P/c1-8(2)13(19)15-11-5-6-17(14(20)16-11)7-10-9(18)3-4-12(24-10)25(21,22)23/h4-6,8-10,18H,3,7H2,1-2H3,(H2,21,22,23)(H,15,16,19,20)/t9-,10+/m0/s1. The SMILES string of the molecule is CC(C)C(=O)Nc1ccn(C[C@H]2OC(P(=O)(O)O)=CC[C@@H]2O)c(=O)n1. The smallest absolute Gasteiger partial charge is 0.390 e. The maximum atomic E-state index is 12.0. The van der Waals surface area contributed by atoms with E-state index >= 15 is 0 Å². The van der Waals surface area contributed by atoms with Gasteiger partial charge in [0.25, 0.3) is 0 Å². The Morgan fingerprint density at radius 3 is 2.76 bits per heavy atom. The molecule has 1 aromatic heterocycles. The number of ether oxygens (including phenoxy) is 1. The van der Waals surface area contributed by atoms with Gasteiger partial charge in [0.1, 0.15) is 11.9 Å². The molecule has 2 rings (SSSR count). The van der Waals surface area contributed by atoms with Gasteiger partial charge in [0.05, 0.1) is 12.6 Å². The van der Waals surface area contributed by atoms with E-state index < -0.39 is 31.0 Å². The first-order chi connectivity index (χ1) is 11.6. The van der Waals surface area contributed by atoms with E-state index in [-0.39, 0.29) is 30.6 Å². The second-order valence-corrected chi connectivity index (χ2v) is 7.47. The van der Waals surface area contributed by atoms with Crippen LogP contribution in [-0.2, 0) is 20.6 Å². The topological polar surface area (TPSA) is 151 Å². The molecule has 0 saturated heterocycles. The highest BCUT2D eigenvalue weighted by Crippen LogP contribution is 2.47. The van der Waals surface area contributed by atoms with Gasteiger partial charge in [-0.3, -0.25) is 13.9 Å². The van der Waals surface area contributed by atoms with E-state index in [0.717, 1.165) is 10.6 Å². The average molecular weight is 373 g/mol. The largest absolute Gasteiger partial charge is 0.478 e. The molecule has 1 amide bonds. The number of aromatic nitrogens is 2. The van der Waals surface area contributed by atoms with Crippen molar-refractivity contribution in [3.8, 4) is 0 Å². The molecule has 25 heavy (non-hydrogen) atoms. The Morgan fingerprint density at radius 2 is 2.20 bits per heavy atom. The minimum absolute atomic E-state index is 0.00415. The van der Waals surface area contributed by atoms with Crippen LogP contribution < -0.4 is 11.0 Å². The highest BCUT2D eigenvalue weighted by atomic mass is 31.2. The van der Waals surface area contributed by atoms with E-state index in [1.54, 1.807) is 13.8 Å². The molecule has 0 radical (unpaired) electrons. The van der Waals surface area contributed by atoms with Crippen molar-refractivity contribution in [1.29, 1.82) is 0 Å². The molecule has 0 saturated carbocycles. The van der Waals surface area contributed by atoms with Gasteiger partial charge < -0.3 is 24.9 Å². The third-order valence-electron chi connectivity index (χ3n) is 3.55. The molecule has 0 fully saturated rings. The molecule has 4 N–H and O–H groups in total. The number of carbonyl (C=O) groups excluding carboxylic acids is 1.